The predicted octanol–water partition coefficient (Wildman–Crippen LogP) is 1.22. The number of nitrogens with two attached hydrogens (primary N) is 1. The molecule has 3 N–H and O–H groups in total. The van der Waals surface area contributed by atoms with Crippen LogP contribution in [0.1, 0.15) is 29.6 Å². The Morgan fingerprint density at radius 3 is 3.25 bits per heavy atom. The monoisotopic (exact) mass is 274 g/mol. The summed E-state index contributed by atoms with van der Waals surface area (Å²) in [6, 6.07) is 3.50. The average molecular weight is 274 g/mol. The summed E-state index contributed by atoms with van der Waals surface area (Å²) in [5.74, 6) is -0.139. The van der Waals surface area contributed by atoms with Crippen LogP contribution in [-0.4, -0.2) is 34.8 Å². The van der Waals surface area contributed by atoms with E-state index >= 15 is 0 Å². The molecule has 1 unspecified atom stereocenters. The molecule has 106 valence electrons. The minimum atomic E-state index is -0.139. The second-order valence-electron chi connectivity index (χ2n) is 5.05. The number of nitrogens with one attached hydrogen (secondary N) is 1. The number of carbonyl (C=O) groups excluding carboxylic acids is 1. The lowest BCUT2D eigenvalue weighted by molar-refractivity contribution is 0.0169. The molecule has 0 spiro atoms. The Morgan fingerprint density at radius 2 is 2.45 bits per heavy atom. The van der Waals surface area contributed by atoms with E-state index in [0.29, 0.717) is 23.3 Å². The van der Waals surface area contributed by atoms with Crippen LogP contribution in [0.4, 0.5) is 5.69 Å². The molecule has 1 amide bonds. The topological polar surface area (TPSA) is 81.7 Å². The number of ether oxygens (including phenoxy) is 1. The summed E-state index contributed by atoms with van der Waals surface area (Å²) in [4.78, 5) is 12.2. The maximum Gasteiger partial charge on any atom is 0.255 e. The first-order chi connectivity index (χ1) is 9.74. The number of rotatable bonds is 3. The van der Waals surface area contributed by atoms with Crippen LogP contribution < -0.4 is 11.1 Å². The largest absolute Gasteiger partial charge is 0.399 e. The Kier molecular flexibility index (Phi) is 3.56. The first-order valence-electron chi connectivity index (χ1n) is 6.87. The lowest BCUT2D eigenvalue weighted by atomic mass is 10.1. The molecule has 1 aliphatic heterocycles. The highest BCUT2D eigenvalue weighted by Gasteiger charge is 2.17. The van der Waals surface area contributed by atoms with Crippen molar-refractivity contribution in [2.24, 2.45) is 0 Å². The third-order valence-electron chi connectivity index (χ3n) is 3.55. The lowest BCUT2D eigenvalue weighted by Crippen LogP contribution is -2.35. The van der Waals surface area contributed by atoms with Crippen molar-refractivity contribution in [1.82, 2.24) is 14.9 Å². The molecule has 0 aliphatic carbocycles. The number of fused-ring (bicyclic) bond motifs is 1. The Morgan fingerprint density at radius 1 is 1.55 bits per heavy atom. The normalized spacial score (nSPS) is 19.1. The molecule has 3 heterocycles. The zero-order valence-electron chi connectivity index (χ0n) is 11.2. The third kappa shape index (κ3) is 2.60. The van der Waals surface area contributed by atoms with Crippen LogP contribution in [-0.2, 0) is 4.74 Å². The second kappa shape index (κ2) is 5.50. The van der Waals surface area contributed by atoms with E-state index in [1.807, 2.05) is 0 Å². The molecule has 1 aliphatic rings. The van der Waals surface area contributed by atoms with Gasteiger partial charge in [0.15, 0.2) is 0 Å². The van der Waals surface area contributed by atoms with Crippen molar-refractivity contribution in [1.29, 1.82) is 0 Å². The molecule has 1 saturated heterocycles. The number of nitrogen functional groups attached to an aromatic ring is 1. The Labute approximate surface area is 116 Å². The molecular weight excluding hydrogens is 256 g/mol. The number of hydrogen-bond acceptors (Lipinski definition) is 4. The van der Waals surface area contributed by atoms with Crippen LogP contribution in [0, 0.1) is 0 Å². The van der Waals surface area contributed by atoms with Gasteiger partial charge in [0.05, 0.1) is 23.4 Å². The van der Waals surface area contributed by atoms with Gasteiger partial charge in [-0.2, -0.15) is 5.10 Å². The standard InChI is InChI=1S/C14H18N4O2/c15-10-4-5-18-13(7-10)12(9-17-18)14(19)16-8-11-3-1-2-6-20-11/h4-5,7,9,11H,1-3,6,8,15H2,(H,16,19). The second-order valence-corrected chi connectivity index (χ2v) is 5.05. The molecule has 6 nitrogen and oxygen atoms in total. The number of anilines is 1. The minimum Gasteiger partial charge on any atom is -0.399 e. The maximum absolute atomic E-state index is 12.2. The number of amides is 1. The fourth-order valence-corrected chi connectivity index (χ4v) is 2.44. The van der Waals surface area contributed by atoms with Crippen molar-refractivity contribution < 1.29 is 9.53 Å². The van der Waals surface area contributed by atoms with E-state index in [4.69, 9.17) is 10.5 Å². The van der Waals surface area contributed by atoms with Gasteiger partial charge in [-0.3, -0.25) is 4.79 Å². The molecule has 0 bridgehead atoms. The number of nitrogens with zero attached hydrogens (tertiary/aromatic N) is 2. The Balaban J connectivity index is 1.70. The number of carbonyl (C=O) groups is 1. The van der Waals surface area contributed by atoms with Crippen molar-refractivity contribution in [3.8, 4) is 0 Å². The van der Waals surface area contributed by atoms with Gasteiger partial charge >= 0.3 is 0 Å². The summed E-state index contributed by atoms with van der Waals surface area (Å²) in [6.07, 6.45) is 6.70. The highest BCUT2D eigenvalue weighted by Crippen LogP contribution is 2.15. The van der Waals surface area contributed by atoms with Crippen LogP contribution in [0.15, 0.2) is 24.5 Å². The van der Waals surface area contributed by atoms with Gasteiger partial charge in [0.2, 0.25) is 0 Å². The molecule has 3 rings (SSSR count). The molecule has 0 radical (unpaired) electrons. The molecule has 2 aromatic heterocycles. The van der Waals surface area contributed by atoms with Crippen LogP contribution in [0.3, 0.4) is 0 Å². The van der Waals surface area contributed by atoms with Crippen LogP contribution in [0.2, 0.25) is 0 Å². The smallest absolute Gasteiger partial charge is 0.255 e. The zero-order valence-corrected chi connectivity index (χ0v) is 11.2. The van der Waals surface area contributed by atoms with Gasteiger partial charge in [-0.05, 0) is 31.4 Å². The zero-order chi connectivity index (χ0) is 13.9. The van der Waals surface area contributed by atoms with E-state index in [9.17, 15) is 4.79 Å². The van der Waals surface area contributed by atoms with Gasteiger partial charge in [0.1, 0.15) is 0 Å². The molecular formula is C14H18N4O2. The molecule has 0 saturated carbocycles. The summed E-state index contributed by atoms with van der Waals surface area (Å²) in [7, 11) is 0. The SMILES string of the molecule is Nc1ccn2ncc(C(=O)NCC3CCCCO3)c2c1. The van der Waals surface area contributed by atoms with Crippen molar-refractivity contribution in [3.63, 3.8) is 0 Å². The van der Waals surface area contributed by atoms with Gasteiger partial charge in [-0.15, -0.1) is 0 Å². The first kappa shape index (κ1) is 12.9. The van der Waals surface area contributed by atoms with E-state index in [-0.39, 0.29) is 12.0 Å². The van der Waals surface area contributed by atoms with Gasteiger partial charge in [-0.1, -0.05) is 0 Å². The fraction of sp³-hybridized carbons (Fsp3) is 0.429. The lowest BCUT2D eigenvalue weighted by Gasteiger charge is -2.22. The molecule has 1 atom stereocenters. The molecule has 2 aromatic rings. The van der Waals surface area contributed by atoms with Crippen molar-refractivity contribution in [2.45, 2.75) is 25.4 Å². The fourth-order valence-electron chi connectivity index (χ4n) is 2.44. The van der Waals surface area contributed by atoms with Crippen molar-refractivity contribution >= 4 is 17.1 Å². The number of pyridine rings is 1. The van der Waals surface area contributed by atoms with E-state index in [1.165, 1.54) is 0 Å². The number of hydrogen-bond donors (Lipinski definition) is 2. The van der Waals surface area contributed by atoms with Crippen molar-refractivity contribution in [3.05, 3.63) is 30.1 Å². The quantitative estimate of drug-likeness (QED) is 0.881. The first-order valence-corrected chi connectivity index (χ1v) is 6.87. The summed E-state index contributed by atoms with van der Waals surface area (Å²) in [5, 5.41) is 7.05. The van der Waals surface area contributed by atoms with E-state index < -0.39 is 0 Å². The van der Waals surface area contributed by atoms with Gasteiger partial charge < -0.3 is 15.8 Å². The van der Waals surface area contributed by atoms with Crippen LogP contribution in [0.5, 0.6) is 0 Å². The van der Waals surface area contributed by atoms with E-state index in [0.717, 1.165) is 25.9 Å². The summed E-state index contributed by atoms with van der Waals surface area (Å²) in [5.41, 5.74) is 7.61. The molecule has 1 fully saturated rings. The number of aromatic nitrogens is 2. The van der Waals surface area contributed by atoms with Gasteiger partial charge in [0.25, 0.3) is 5.91 Å². The summed E-state index contributed by atoms with van der Waals surface area (Å²) >= 11 is 0. The summed E-state index contributed by atoms with van der Waals surface area (Å²) in [6.45, 7) is 1.33. The highest BCUT2D eigenvalue weighted by atomic mass is 16.5. The van der Waals surface area contributed by atoms with Gasteiger partial charge in [0, 0.05) is 25.0 Å². The maximum atomic E-state index is 12.2. The molecule has 20 heavy (non-hydrogen) atoms. The Hall–Kier alpha value is -2.08. The van der Waals surface area contributed by atoms with Crippen LogP contribution >= 0.6 is 0 Å². The molecule has 6 heteroatoms. The average Bonchev–Trinajstić information content (AvgIpc) is 2.89. The summed E-state index contributed by atoms with van der Waals surface area (Å²) < 4.78 is 7.24. The van der Waals surface area contributed by atoms with Crippen LogP contribution in [0.25, 0.3) is 5.52 Å². The highest BCUT2D eigenvalue weighted by molar-refractivity contribution is 6.00. The van der Waals surface area contributed by atoms with Crippen molar-refractivity contribution in [2.75, 3.05) is 18.9 Å². The Bertz CT molecular complexity index is 617. The van der Waals surface area contributed by atoms with E-state index in [2.05, 4.69) is 10.4 Å². The predicted molar refractivity (Wildman–Crippen MR) is 75.5 cm³/mol. The van der Waals surface area contributed by atoms with Gasteiger partial charge in [-0.25, -0.2) is 4.52 Å². The minimum absolute atomic E-state index is 0.125. The van der Waals surface area contributed by atoms with E-state index in [1.54, 1.807) is 29.0 Å². The molecule has 0 aromatic carbocycles. The third-order valence-corrected chi connectivity index (χ3v) is 3.55.